The van der Waals surface area contributed by atoms with Gasteiger partial charge in [-0.2, -0.15) is 0 Å². The minimum atomic E-state index is -0.0832. The summed E-state index contributed by atoms with van der Waals surface area (Å²) in [5.41, 5.74) is 1.87. The number of carbonyl (C=O) groups is 1. The van der Waals surface area contributed by atoms with Crippen LogP contribution < -0.4 is 20.1 Å². The van der Waals surface area contributed by atoms with Gasteiger partial charge in [0.1, 0.15) is 0 Å². The predicted molar refractivity (Wildman–Crippen MR) is 101 cm³/mol. The lowest BCUT2D eigenvalue weighted by Crippen LogP contribution is -2.29. The van der Waals surface area contributed by atoms with Crippen LogP contribution in [0.15, 0.2) is 29.8 Å². The van der Waals surface area contributed by atoms with Gasteiger partial charge in [-0.05, 0) is 56.8 Å². The van der Waals surface area contributed by atoms with Gasteiger partial charge >= 0.3 is 0 Å². The van der Waals surface area contributed by atoms with E-state index in [1.54, 1.807) is 19.2 Å². The van der Waals surface area contributed by atoms with Gasteiger partial charge < -0.3 is 20.1 Å². The Morgan fingerprint density at radius 2 is 2.08 bits per heavy atom. The number of ether oxygens (including phenoxy) is 2. The van der Waals surface area contributed by atoms with Gasteiger partial charge in [0.05, 0.1) is 13.2 Å². The van der Waals surface area contributed by atoms with Gasteiger partial charge in [0.25, 0.3) is 5.91 Å². The minimum Gasteiger partial charge on any atom is -0.493 e. The Hall–Kier alpha value is -1.72. The predicted octanol–water partition coefficient (Wildman–Crippen LogP) is 3.09. The minimum absolute atomic E-state index is 0. The molecule has 2 N–H and O–H groups in total. The quantitative estimate of drug-likeness (QED) is 0.759. The summed E-state index contributed by atoms with van der Waals surface area (Å²) in [4.78, 5) is 12.4. The topological polar surface area (TPSA) is 59.6 Å². The van der Waals surface area contributed by atoms with Gasteiger partial charge in [-0.3, -0.25) is 4.79 Å². The fourth-order valence-corrected chi connectivity index (χ4v) is 3.22. The van der Waals surface area contributed by atoms with Crippen molar-refractivity contribution in [3.05, 3.63) is 35.4 Å². The van der Waals surface area contributed by atoms with E-state index in [9.17, 15) is 4.79 Å². The summed E-state index contributed by atoms with van der Waals surface area (Å²) < 4.78 is 11.4. The van der Waals surface area contributed by atoms with E-state index in [2.05, 4.69) is 16.7 Å². The van der Waals surface area contributed by atoms with Gasteiger partial charge in [0.15, 0.2) is 11.5 Å². The molecule has 0 radical (unpaired) electrons. The van der Waals surface area contributed by atoms with E-state index in [1.165, 1.54) is 18.4 Å². The van der Waals surface area contributed by atoms with Crippen LogP contribution in [0.5, 0.6) is 11.5 Å². The highest BCUT2D eigenvalue weighted by Crippen LogP contribution is 2.32. The molecule has 0 spiro atoms. The highest BCUT2D eigenvalue weighted by molar-refractivity contribution is 5.95. The van der Waals surface area contributed by atoms with Crippen LogP contribution >= 0.6 is 12.4 Å². The average molecular weight is 367 g/mol. The molecule has 0 saturated heterocycles. The molecule has 1 heterocycles. The first-order valence-electron chi connectivity index (χ1n) is 8.78. The van der Waals surface area contributed by atoms with Crippen molar-refractivity contribution in [2.75, 3.05) is 26.7 Å². The molecule has 1 aromatic rings. The molecule has 1 fully saturated rings. The summed E-state index contributed by atoms with van der Waals surface area (Å²) in [6.07, 6.45) is 8.02. The van der Waals surface area contributed by atoms with Crippen LogP contribution in [0.3, 0.4) is 0 Å². The Bertz CT molecular complexity index is 613. The second-order valence-electron chi connectivity index (χ2n) is 6.39. The van der Waals surface area contributed by atoms with Crippen molar-refractivity contribution < 1.29 is 14.3 Å². The maximum absolute atomic E-state index is 12.4. The van der Waals surface area contributed by atoms with E-state index in [0.717, 1.165) is 38.1 Å². The summed E-state index contributed by atoms with van der Waals surface area (Å²) in [6, 6.07) is 5.41. The van der Waals surface area contributed by atoms with Crippen LogP contribution in [-0.4, -0.2) is 38.8 Å². The number of halogens is 1. The number of rotatable bonds is 6. The zero-order valence-electron chi connectivity index (χ0n) is 14.7. The number of carbonyl (C=O) groups excluding carboxylic acids is 1. The summed E-state index contributed by atoms with van der Waals surface area (Å²) in [7, 11) is 1.61. The summed E-state index contributed by atoms with van der Waals surface area (Å²) in [6.45, 7) is 2.46. The standard InChI is InChI=1S/C19H26N2O3.ClH/c1-23-18-12-15(6-7-17(18)24-16-4-2-3-5-16)19(22)21-13-14-8-10-20-11-9-14;/h6-8,12,16,20H,2-5,9-11,13H2,1H3,(H,21,22);1H. The van der Waals surface area contributed by atoms with E-state index in [4.69, 9.17) is 9.47 Å². The van der Waals surface area contributed by atoms with Gasteiger partial charge in [-0.25, -0.2) is 0 Å². The van der Waals surface area contributed by atoms with Crippen LogP contribution in [0, 0.1) is 0 Å². The molecule has 0 bridgehead atoms. The highest BCUT2D eigenvalue weighted by Gasteiger charge is 2.19. The molecule has 1 amide bonds. The highest BCUT2D eigenvalue weighted by atomic mass is 35.5. The van der Waals surface area contributed by atoms with Crippen molar-refractivity contribution in [1.29, 1.82) is 0 Å². The van der Waals surface area contributed by atoms with Crippen LogP contribution in [0.2, 0.25) is 0 Å². The Balaban J connectivity index is 0.00000225. The van der Waals surface area contributed by atoms with E-state index in [1.807, 2.05) is 6.07 Å². The van der Waals surface area contributed by atoms with Crippen molar-refractivity contribution >= 4 is 18.3 Å². The summed E-state index contributed by atoms with van der Waals surface area (Å²) >= 11 is 0. The molecule has 0 unspecified atom stereocenters. The lowest BCUT2D eigenvalue weighted by atomic mass is 10.1. The molecule has 6 heteroatoms. The Labute approximate surface area is 155 Å². The molecule has 1 aliphatic carbocycles. The third-order valence-corrected chi connectivity index (χ3v) is 4.66. The lowest BCUT2D eigenvalue weighted by molar-refractivity contribution is 0.0956. The molecule has 1 aliphatic heterocycles. The van der Waals surface area contributed by atoms with Crippen molar-refractivity contribution in [2.24, 2.45) is 0 Å². The van der Waals surface area contributed by atoms with Crippen LogP contribution in [0.1, 0.15) is 42.5 Å². The zero-order valence-corrected chi connectivity index (χ0v) is 15.5. The first kappa shape index (κ1) is 19.6. The monoisotopic (exact) mass is 366 g/mol. The zero-order chi connectivity index (χ0) is 16.8. The second-order valence-corrected chi connectivity index (χ2v) is 6.39. The molecule has 1 aromatic carbocycles. The lowest BCUT2D eigenvalue weighted by Gasteiger charge is -2.17. The molecule has 5 nitrogen and oxygen atoms in total. The fraction of sp³-hybridized carbons (Fsp3) is 0.526. The maximum atomic E-state index is 12.4. The van der Waals surface area contributed by atoms with E-state index in [-0.39, 0.29) is 24.4 Å². The molecule has 3 rings (SSSR count). The first-order chi connectivity index (χ1) is 11.8. The van der Waals surface area contributed by atoms with Crippen LogP contribution in [0.4, 0.5) is 0 Å². The number of benzene rings is 1. The number of hydrogen-bond donors (Lipinski definition) is 2. The van der Waals surface area contributed by atoms with Gasteiger partial charge in [0.2, 0.25) is 0 Å². The van der Waals surface area contributed by atoms with Gasteiger partial charge in [-0.15, -0.1) is 12.4 Å². The molecule has 25 heavy (non-hydrogen) atoms. The molecule has 2 aliphatic rings. The molecule has 138 valence electrons. The summed E-state index contributed by atoms with van der Waals surface area (Å²) in [5.74, 6) is 1.26. The van der Waals surface area contributed by atoms with E-state index in [0.29, 0.717) is 17.9 Å². The van der Waals surface area contributed by atoms with Crippen molar-refractivity contribution in [3.63, 3.8) is 0 Å². The number of nitrogens with one attached hydrogen (secondary N) is 2. The smallest absolute Gasteiger partial charge is 0.251 e. The third-order valence-electron chi connectivity index (χ3n) is 4.66. The Morgan fingerprint density at radius 3 is 2.76 bits per heavy atom. The van der Waals surface area contributed by atoms with Crippen molar-refractivity contribution in [2.45, 2.75) is 38.2 Å². The normalized spacial score (nSPS) is 17.4. The average Bonchev–Trinajstić information content (AvgIpc) is 3.14. The molecule has 0 aromatic heterocycles. The van der Waals surface area contributed by atoms with Gasteiger partial charge in [-0.1, -0.05) is 11.6 Å². The molecular weight excluding hydrogens is 340 g/mol. The molecular formula is C19H27ClN2O3. The Kier molecular flexibility index (Phi) is 7.59. The molecule has 1 saturated carbocycles. The van der Waals surface area contributed by atoms with Crippen molar-refractivity contribution in [1.82, 2.24) is 10.6 Å². The van der Waals surface area contributed by atoms with Gasteiger partial charge in [0, 0.05) is 18.7 Å². The fourth-order valence-electron chi connectivity index (χ4n) is 3.22. The number of methoxy groups -OCH3 is 1. The third kappa shape index (κ3) is 5.38. The van der Waals surface area contributed by atoms with E-state index >= 15 is 0 Å². The number of amides is 1. The first-order valence-corrected chi connectivity index (χ1v) is 8.78. The van der Waals surface area contributed by atoms with E-state index < -0.39 is 0 Å². The SMILES string of the molecule is COc1cc(C(=O)NCC2=CCNCC2)ccc1OC1CCCC1.Cl. The van der Waals surface area contributed by atoms with Crippen LogP contribution in [0.25, 0.3) is 0 Å². The van der Waals surface area contributed by atoms with Crippen molar-refractivity contribution in [3.8, 4) is 11.5 Å². The summed E-state index contributed by atoms with van der Waals surface area (Å²) in [5, 5.41) is 6.25. The van der Waals surface area contributed by atoms with Crippen LogP contribution in [-0.2, 0) is 0 Å². The largest absolute Gasteiger partial charge is 0.493 e. The second kappa shape index (κ2) is 9.68. The Morgan fingerprint density at radius 1 is 1.28 bits per heavy atom. The molecule has 0 atom stereocenters. The maximum Gasteiger partial charge on any atom is 0.251 e. The number of hydrogen-bond acceptors (Lipinski definition) is 4.